The van der Waals surface area contributed by atoms with E-state index < -0.39 is 0 Å². The van der Waals surface area contributed by atoms with Crippen LogP contribution in [0.5, 0.6) is 5.75 Å². The maximum absolute atomic E-state index is 12.2. The lowest BCUT2D eigenvalue weighted by molar-refractivity contribution is 0.102. The molecule has 0 unspecified atom stereocenters. The van der Waals surface area contributed by atoms with E-state index in [-0.39, 0.29) is 12.5 Å². The summed E-state index contributed by atoms with van der Waals surface area (Å²) in [7, 11) is 1.55. The average Bonchev–Trinajstić information content (AvgIpc) is 2.55. The number of amides is 1. The van der Waals surface area contributed by atoms with Crippen LogP contribution in [0.25, 0.3) is 0 Å². The monoisotopic (exact) mass is 299 g/mol. The molecule has 0 aromatic heterocycles. The van der Waals surface area contributed by atoms with E-state index in [0.29, 0.717) is 22.6 Å². The molecule has 0 heterocycles. The first kappa shape index (κ1) is 16.0. The maximum Gasteiger partial charge on any atom is 0.255 e. The second kappa shape index (κ2) is 7.61. The molecule has 2 rings (SSSR count). The first-order valence-electron chi connectivity index (χ1n) is 7.36. The third-order valence-electron chi connectivity index (χ3n) is 3.46. The molecule has 0 saturated carbocycles. The normalized spacial score (nSPS) is 10.3. The number of hydrogen-bond acceptors (Lipinski definition) is 3. The molecule has 0 spiro atoms. The SMILES string of the molecule is CCCc1ccc(C(=O)Nc2ccc(OC)c(CO)c2)cc1. The molecule has 2 N–H and O–H groups in total. The minimum atomic E-state index is -0.169. The van der Waals surface area contributed by atoms with Crippen molar-refractivity contribution in [3.05, 3.63) is 59.2 Å². The second-order valence-electron chi connectivity index (χ2n) is 5.09. The molecule has 0 bridgehead atoms. The molecular formula is C18H21NO3. The van der Waals surface area contributed by atoms with Crippen LogP contribution in [0, 0.1) is 0 Å². The summed E-state index contributed by atoms with van der Waals surface area (Å²) in [5.74, 6) is 0.432. The highest BCUT2D eigenvalue weighted by Crippen LogP contribution is 2.23. The van der Waals surface area contributed by atoms with Crippen molar-refractivity contribution >= 4 is 11.6 Å². The molecule has 0 atom stereocenters. The van der Waals surface area contributed by atoms with E-state index in [1.165, 1.54) is 5.56 Å². The van der Waals surface area contributed by atoms with Crippen molar-refractivity contribution in [3.8, 4) is 5.75 Å². The van der Waals surface area contributed by atoms with Crippen molar-refractivity contribution in [1.82, 2.24) is 0 Å². The summed E-state index contributed by atoms with van der Waals surface area (Å²) < 4.78 is 5.14. The molecular weight excluding hydrogens is 278 g/mol. The molecule has 0 saturated heterocycles. The van der Waals surface area contributed by atoms with Crippen molar-refractivity contribution < 1.29 is 14.6 Å². The summed E-state index contributed by atoms with van der Waals surface area (Å²) in [6, 6.07) is 12.8. The van der Waals surface area contributed by atoms with Gasteiger partial charge in [-0.2, -0.15) is 0 Å². The van der Waals surface area contributed by atoms with Crippen LogP contribution < -0.4 is 10.1 Å². The van der Waals surface area contributed by atoms with Crippen molar-refractivity contribution in [1.29, 1.82) is 0 Å². The molecule has 0 radical (unpaired) electrons. The zero-order valence-corrected chi connectivity index (χ0v) is 12.9. The summed E-state index contributed by atoms with van der Waals surface area (Å²) in [5.41, 5.74) is 3.11. The van der Waals surface area contributed by atoms with Crippen LogP contribution in [0.4, 0.5) is 5.69 Å². The quantitative estimate of drug-likeness (QED) is 0.859. The number of aryl methyl sites for hydroxylation is 1. The minimum absolute atomic E-state index is 0.140. The predicted octanol–water partition coefficient (Wildman–Crippen LogP) is 3.39. The van der Waals surface area contributed by atoms with Crippen LogP contribution in [0.1, 0.15) is 34.8 Å². The lowest BCUT2D eigenvalue weighted by Crippen LogP contribution is -2.12. The summed E-state index contributed by atoms with van der Waals surface area (Å²) >= 11 is 0. The molecule has 2 aromatic rings. The Balaban J connectivity index is 2.11. The number of aliphatic hydroxyl groups excluding tert-OH is 1. The molecule has 22 heavy (non-hydrogen) atoms. The molecule has 0 aliphatic heterocycles. The Morgan fingerprint density at radius 2 is 1.91 bits per heavy atom. The Bertz CT molecular complexity index is 635. The Hall–Kier alpha value is -2.33. The van der Waals surface area contributed by atoms with Gasteiger partial charge in [0.15, 0.2) is 0 Å². The van der Waals surface area contributed by atoms with Gasteiger partial charge in [-0.3, -0.25) is 4.79 Å². The number of aliphatic hydroxyl groups is 1. The van der Waals surface area contributed by atoms with E-state index in [9.17, 15) is 9.90 Å². The highest BCUT2D eigenvalue weighted by Gasteiger charge is 2.08. The van der Waals surface area contributed by atoms with Gasteiger partial charge in [0.2, 0.25) is 0 Å². The lowest BCUT2D eigenvalue weighted by Gasteiger charge is -2.10. The van der Waals surface area contributed by atoms with Gasteiger partial charge in [-0.15, -0.1) is 0 Å². The smallest absolute Gasteiger partial charge is 0.255 e. The van der Waals surface area contributed by atoms with Crippen LogP contribution in [-0.2, 0) is 13.0 Å². The zero-order chi connectivity index (χ0) is 15.9. The summed E-state index contributed by atoms with van der Waals surface area (Å²) in [6.07, 6.45) is 2.10. The summed E-state index contributed by atoms with van der Waals surface area (Å²) in [4.78, 5) is 12.2. The number of benzene rings is 2. The number of methoxy groups -OCH3 is 1. The van der Waals surface area contributed by atoms with Crippen LogP contribution in [0.2, 0.25) is 0 Å². The van der Waals surface area contributed by atoms with Crippen LogP contribution in [-0.4, -0.2) is 18.1 Å². The first-order valence-corrected chi connectivity index (χ1v) is 7.36. The largest absolute Gasteiger partial charge is 0.496 e. The van der Waals surface area contributed by atoms with Crippen molar-refractivity contribution in [3.63, 3.8) is 0 Å². The first-order chi connectivity index (χ1) is 10.7. The number of rotatable bonds is 6. The van der Waals surface area contributed by atoms with Gasteiger partial charge in [0.25, 0.3) is 5.91 Å². The Labute approximate surface area is 130 Å². The molecule has 4 heteroatoms. The summed E-state index contributed by atoms with van der Waals surface area (Å²) in [5, 5.41) is 12.1. The Morgan fingerprint density at radius 3 is 2.50 bits per heavy atom. The molecule has 0 aliphatic carbocycles. The molecule has 4 nitrogen and oxygen atoms in total. The van der Waals surface area contributed by atoms with Gasteiger partial charge in [-0.25, -0.2) is 0 Å². The fraction of sp³-hybridized carbons (Fsp3) is 0.278. The minimum Gasteiger partial charge on any atom is -0.496 e. The van der Waals surface area contributed by atoms with Crippen molar-refractivity contribution in [2.24, 2.45) is 0 Å². The number of carbonyl (C=O) groups is 1. The fourth-order valence-corrected chi connectivity index (χ4v) is 2.29. The van der Waals surface area contributed by atoms with Crippen LogP contribution in [0.15, 0.2) is 42.5 Å². The predicted molar refractivity (Wildman–Crippen MR) is 87.3 cm³/mol. The molecule has 0 fully saturated rings. The number of ether oxygens (including phenoxy) is 1. The maximum atomic E-state index is 12.2. The third kappa shape index (κ3) is 3.86. The molecule has 2 aromatic carbocycles. The van der Waals surface area contributed by atoms with Gasteiger partial charge in [-0.05, 0) is 42.3 Å². The van der Waals surface area contributed by atoms with Crippen molar-refractivity contribution in [2.45, 2.75) is 26.4 Å². The molecule has 1 amide bonds. The highest BCUT2D eigenvalue weighted by molar-refractivity contribution is 6.04. The van der Waals surface area contributed by atoms with Crippen LogP contribution in [0.3, 0.4) is 0 Å². The molecule has 116 valence electrons. The van der Waals surface area contributed by atoms with E-state index in [1.807, 2.05) is 24.3 Å². The van der Waals surface area contributed by atoms with Gasteiger partial charge in [0.1, 0.15) is 5.75 Å². The Kier molecular flexibility index (Phi) is 5.55. The van der Waals surface area contributed by atoms with Gasteiger partial charge >= 0.3 is 0 Å². The van der Waals surface area contributed by atoms with Crippen LogP contribution >= 0.6 is 0 Å². The molecule has 0 aliphatic rings. The average molecular weight is 299 g/mol. The van der Waals surface area contributed by atoms with E-state index in [2.05, 4.69) is 12.2 Å². The summed E-state index contributed by atoms with van der Waals surface area (Å²) in [6.45, 7) is 1.99. The standard InChI is InChI=1S/C18H21NO3/c1-3-4-13-5-7-14(8-6-13)18(21)19-16-9-10-17(22-2)15(11-16)12-20/h5-11,20H,3-4,12H2,1-2H3,(H,19,21). The van der Waals surface area contributed by atoms with E-state index in [0.717, 1.165) is 12.8 Å². The number of nitrogens with one attached hydrogen (secondary N) is 1. The highest BCUT2D eigenvalue weighted by atomic mass is 16.5. The second-order valence-corrected chi connectivity index (χ2v) is 5.09. The number of hydrogen-bond donors (Lipinski definition) is 2. The van der Waals surface area contributed by atoms with E-state index >= 15 is 0 Å². The Morgan fingerprint density at radius 1 is 1.18 bits per heavy atom. The van der Waals surface area contributed by atoms with Crippen molar-refractivity contribution in [2.75, 3.05) is 12.4 Å². The van der Waals surface area contributed by atoms with E-state index in [4.69, 9.17) is 4.74 Å². The van der Waals surface area contributed by atoms with Gasteiger partial charge in [0, 0.05) is 16.8 Å². The van der Waals surface area contributed by atoms with Gasteiger partial charge in [-0.1, -0.05) is 25.5 Å². The third-order valence-corrected chi connectivity index (χ3v) is 3.46. The topological polar surface area (TPSA) is 58.6 Å². The van der Waals surface area contributed by atoms with E-state index in [1.54, 1.807) is 25.3 Å². The lowest BCUT2D eigenvalue weighted by atomic mass is 10.1. The van der Waals surface area contributed by atoms with Gasteiger partial charge in [0.05, 0.1) is 13.7 Å². The fourth-order valence-electron chi connectivity index (χ4n) is 2.29. The number of anilines is 1. The number of carbonyl (C=O) groups excluding carboxylic acids is 1. The van der Waals surface area contributed by atoms with Gasteiger partial charge < -0.3 is 15.2 Å². The zero-order valence-electron chi connectivity index (χ0n) is 12.9.